The van der Waals surface area contributed by atoms with Gasteiger partial charge in [0.05, 0.1) is 17.0 Å². The van der Waals surface area contributed by atoms with E-state index in [-0.39, 0.29) is 6.10 Å². The molecule has 0 unspecified atom stereocenters. The van der Waals surface area contributed by atoms with Crippen molar-refractivity contribution in [3.63, 3.8) is 0 Å². The van der Waals surface area contributed by atoms with E-state index in [0.717, 1.165) is 17.8 Å². The number of aryl methyl sites for hydroxylation is 1. The number of aromatic nitrogens is 1. The van der Waals surface area contributed by atoms with Crippen LogP contribution in [0.4, 0.5) is 5.82 Å². The molecule has 0 bridgehead atoms. The Labute approximate surface area is 105 Å². The Hall–Kier alpha value is -0.850. The van der Waals surface area contributed by atoms with Crippen LogP contribution < -0.4 is 4.90 Å². The van der Waals surface area contributed by atoms with Gasteiger partial charge in [-0.25, -0.2) is 4.98 Å². The lowest BCUT2D eigenvalue weighted by Gasteiger charge is -2.38. The van der Waals surface area contributed by atoms with Gasteiger partial charge in [-0.2, -0.15) is 8.42 Å². The van der Waals surface area contributed by atoms with Crippen LogP contribution in [0.5, 0.6) is 0 Å². The molecule has 1 aliphatic rings. The smallest absolute Gasteiger partial charge is 0.264 e. The summed E-state index contributed by atoms with van der Waals surface area (Å²) in [6.45, 7) is 2.89. The van der Waals surface area contributed by atoms with Gasteiger partial charge in [0.25, 0.3) is 10.1 Å². The molecule has 5 nitrogen and oxygen atoms in total. The summed E-state index contributed by atoms with van der Waals surface area (Å²) in [6.07, 6.45) is 0.781. The lowest BCUT2D eigenvalue weighted by molar-refractivity contribution is 0.176. The summed E-state index contributed by atoms with van der Waals surface area (Å²) < 4.78 is 26.7. The van der Waals surface area contributed by atoms with Crippen molar-refractivity contribution in [2.45, 2.75) is 13.0 Å². The van der Waals surface area contributed by atoms with E-state index in [0.29, 0.717) is 18.1 Å². The van der Waals surface area contributed by atoms with E-state index in [1.165, 1.54) is 0 Å². The first kappa shape index (κ1) is 12.6. The quantitative estimate of drug-likeness (QED) is 0.777. The van der Waals surface area contributed by atoms with Crippen molar-refractivity contribution in [2.75, 3.05) is 24.2 Å². The zero-order chi connectivity index (χ0) is 12.6. The van der Waals surface area contributed by atoms with E-state index in [1.807, 2.05) is 17.9 Å². The fourth-order valence-corrected chi connectivity index (χ4v) is 2.36. The fraction of sp³-hybridized carbons (Fsp3) is 0.500. The first-order chi connectivity index (χ1) is 7.85. The monoisotopic (exact) mass is 276 g/mol. The molecule has 2 heterocycles. The molecule has 0 spiro atoms. The second kappa shape index (κ2) is 4.44. The van der Waals surface area contributed by atoms with Crippen LogP contribution in [-0.4, -0.2) is 38.9 Å². The van der Waals surface area contributed by atoms with Crippen molar-refractivity contribution >= 4 is 27.5 Å². The van der Waals surface area contributed by atoms with Crippen LogP contribution in [0.2, 0.25) is 5.02 Å². The van der Waals surface area contributed by atoms with Gasteiger partial charge in [0.1, 0.15) is 11.9 Å². The van der Waals surface area contributed by atoms with Crippen LogP contribution in [0, 0.1) is 6.92 Å². The maximum Gasteiger partial charge on any atom is 0.264 e. The minimum Gasteiger partial charge on any atom is -0.351 e. The highest BCUT2D eigenvalue weighted by Gasteiger charge is 2.31. The summed E-state index contributed by atoms with van der Waals surface area (Å²) in [5.74, 6) is 0.792. The van der Waals surface area contributed by atoms with Crippen LogP contribution >= 0.6 is 11.6 Å². The van der Waals surface area contributed by atoms with Gasteiger partial charge >= 0.3 is 0 Å². The van der Waals surface area contributed by atoms with E-state index in [2.05, 4.69) is 4.98 Å². The molecule has 2 rings (SSSR count). The third-order valence-corrected chi connectivity index (χ3v) is 3.51. The normalized spacial score (nSPS) is 17.0. The van der Waals surface area contributed by atoms with Gasteiger partial charge in [-0.15, -0.1) is 0 Å². The van der Waals surface area contributed by atoms with E-state index >= 15 is 0 Å². The Morgan fingerprint density at radius 2 is 2.12 bits per heavy atom. The second-order valence-corrected chi connectivity index (χ2v) is 6.07. The summed E-state index contributed by atoms with van der Waals surface area (Å²) in [5.41, 5.74) is 0.761. The minimum absolute atomic E-state index is 0.275. The Kier molecular flexibility index (Phi) is 3.29. The highest BCUT2D eigenvalue weighted by molar-refractivity contribution is 7.86. The lowest BCUT2D eigenvalue weighted by Crippen LogP contribution is -2.53. The topological polar surface area (TPSA) is 59.5 Å². The Bertz CT molecular complexity index is 526. The molecule has 1 aliphatic heterocycles. The van der Waals surface area contributed by atoms with Crippen LogP contribution in [-0.2, 0) is 14.3 Å². The molecule has 0 aliphatic carbocycles. The van der Waals surface area contributed by atoms with Crippen LogP contribution in [0.25, 0.3) is 0 Å². The molecule has 0 N–H and O–H groups in total. The maximum atomic E-state index is 10.9. The molecule has 94 valence electrons. The molecule has 0 saturated carbocycles. The summed E-state index contributed by atoms with van der Waals surface area (Å²) in [5, 5.41) is 0.623. The molecule has 0 atom stereocenters. The molecule has 7 heteroatoms. The van der Waals surface area contributed by atoms with Gasteiger partial charge in [0.15, 0.2) is 0 Å². The molecular weight excluding hydrogens is 264 g/mol. The van der Waals surface area contributed by atoms with Gasteiger partial charge in [-0.1, -0.05) is 11.6 Å². The van der Waals surface area contributed by atoms with Crippen molar-refractivity contribution in [2.24, 2.45) is 0 Å². The predicted molar refractivity (Wildman–Crippen MR) is 65.9 cm³/mol. The molecule has 0 radical (unpaired) electrons. The SMILES string of the molecule is Cc1nc(N2CC(OS(C)(=O)=O)C2)ccc1Cl. The Morgan fingerprint density at radius 3 is 2.65 bits per heavy atom. The Morgan fingerprint density at radius 1 is 1.47 bits per heavy atom. The number of anilines is 1. The van der Waals surface area contributed by atoms with Crippen LogP contribution in [0.3, 0.4) is 0 Å². The largest absolute Gasteiger partial charge is 0.351 e. The lowest BCUT2D eigenvalue weighted by atomic mass is 10.1. The highest BCUT2D eigenvalue weighted by atomic mass is 35.5. The number of nitrogens with zero attached hydrogens (tertiary/aromatic N) is 2. The minimum atomic E-state index is -3.37. The summed E-state index contributed by atoms with van der Waals surface area (Å²) in [4.78, 5) is 6.26. The number of halogens is 1. The first-order valence-corrected chi connectivity index (χ1v) is 7.31. The molecule has 1 aromatic rings. The third kappa shape index (κ3) is 3.08. The van der Waals surface area contributed by atoms with Crippen molar-refractivity contribution < 1.29 is 12.6 Å². The standard InChI is InChI=1S/C10H13ClN2O3S/c1-7-9(11)3-4-10(12-7)13-5-8(6-13)16-17(2,14)15/h3-4,8H,5-6H2,1-2H3. The molecule has 1 saturated heterocycles. The van der Waals surface area contributed by atoms with Gasteiger partial charge in [0.2, 0.25) is 0 Å². The number of hydrogen-bond acceptors (Lipinski definition) is 5. The van der Waals surface area contributed by atoms with Crippen LogP contribution in [0.15, 0.2) is 12.1 Å². The van der Waals surface area contributed by atoms with E-state index < -0.39 is 10.1 Å². The molecule has 0 aromatic carbocycles. The second-order valence-electron chi connectivity index (χ2n) is 4.06. The summed E-state index contributed by atoms with van der Waals surface area (Å²) >= 11 is 5.88. The van der Waals surface area contributed by atoms with Gasteiger partial charge < -0.3 is 4.90 Å². The fourth-order valence-electron chi connectivity index (χ4n) is 1.64. The average Bonchev–Trinajstić information content (AvgIpc) is 2.14. The van der Waals surface area contributed by atoms with Crippen molar-refractivity contribution in [1.82, 2.24) is 4.98 Å². The molecule has 1 fully saturated rings. The van der Waals surface area contributed by atoms with Gasteiger partial charge in [0, 0.05) is 13.1 Å². The van der Waals surface area contributed by atoms with E-state index in [9.17, 15) is 8.42 Å². The van der Waals surface area contributed by atoms with Crippen molar-refractivity contribution in [3.05, 3.63) is 22.8 Å². The van der Waals surface area contributed by atoms with Crippen molar-refractivity contribution in [1.29, 1.82) is 0 Å². The predicted octanol–water partition coefficient (Wildman–Crippen LogP) is 1.21. The average molecular weight is 277 g/mol. The molecule has 0 amide bonds. The highest BCUT2D eigenvalue weighted by Crippen LogP contribution is 2.24. The number of hydrogen-bond donors (Lipinski definition) is 0. The first-order valence-electron chi connectivity index (χ1n) is 5.11. The van der Waals surface area contributed by atoms with Gasteiger partial charge in [-0.05, 0) is 19.1 Å². The van der Waals surface area contributed by atoms with Crippen LogP contribution in [0.1, 0.15) is 5.69 Å². The molecular formula is C10H13ClN2O3S. The summed E-state index contributed by atoms with van der Waals surface area (Å²) in [7, 11) is -3.37. The van der Waals surface area contributed by atoms with E-state index in [1.54, 1.807) is 6.07 Å². The summed E-state index contributed by atoms with van der Waals surface area (Å²) in [6, 6.07) is 3.59. The van der Waals surface area contributed by atoms with E-state index in [4.69, 9.17) is 15.8 Å². The maximum absolute atomic E-state index is 10.9. The van der Waals surface area contributed by atoms with Crippen molar-refractivity contribution in [3.8, 4) is 0 Å². The zero-order valence-electron chi connectivity index (χ0n) is 9.55. The number of pyridine rings is 1. The molecule has 17 heavy (non-hydrogen) atoms. The Balaban J connectivity index is 1.97. The number of rotatable bonds is 3. The molecule has 1 aromatic heterocycles. The van der Waals surface area contributed by atoms with Gasteiger partial charge in [-0.3, -0.25) is 4.18 Å². The zero-order valence-corrected chi connectivity index (χ0v) is 11.1. The third-order valence-electron chi connectivity index (χ3n) is 2.49.